The van der Waals surface area contributed by atoms with E-state index in [1.807, 2.05) is 4.13 Å². The molecule has 0 aliphatic heterocycles. The summed E-state index contributed by atoms with van der Waals surface area (Å²) in [5, 5.41) is 0. The molecule has 7 nitrogen and oxygen atoms in total. The van der Waals surface area contributed by atoms with Gasteiger partial charge in [-0.15, -0.1) is 0 Å². The van der Waals surface area contributed by atoms with Gasteiger partial charge in [-0.05, 0) is 13.3 Å². The molecule has 0 aliphatic carbocycles. The first-order chi connectivity index (χ1) is 8.78. The molecule has 0 aliphatic rings. The summed E-state index contributed by atoms with van der Waals surface area (Å²) in [5.74, 6) is -1.81. The van der Waals surface area contributed by atoms with Crippen LogP contribution in [0.15, 0.2) is 12.2 Å². The first-order valence-electron chi connectivity index (χ1n) is 4.89. The van der Waals surface area contributed by atoms with Crippen LogP contribution in [0.5, 0.6) is 0 Å². The minimum atomic E-state index is -6.11. The van der Waals surface area contributed by atoms with E-state index in [4.69, 9.17) is 0 Å². The maximum absolute atomic E-state index is 11.9. The van der Waals surface area contributed by atoms with Crippen molar-refractivity contribution in [2.24, 2.45) is 0 Å². The number of carbonyl (C=O) groups excluding carboxylic acids is 1. The maximum atomic E-state index is 11.9. The molecular weight excluding hydrogens is 334 g/mol. The molecule has 0 fully saturated rings. The molecular formula is C8H11F3LiNO6S2. The van der Waals surface area contributed by atoms with E-state index in [-0.39, 0.29) is 24.4 Å². The Morgan fingerprint density at radius 1 is 1.24 bits per heavy atom. The Morgan fingerprint density at radius 3 is 2.10 bits per heavy atom. The number of hydrogen-bond acceptors (Lipinski definition) is 6. The maximum Gasteiger partial charge on any atom is 1.00 e. The topological polar surface area (TPSA) is 109 Å². The van der Waals surface area contributed by atoms with Gasteiger partial charge in [-0.25, -0.2) is 21.6 Å². The minimum Gasteiger partial charge on any atom is -0.462 e. The Bertz CT molecular complexity index is 584. The number of rotatable bonds is 7. The summed E-state index contributed by atoms with van der Waals surface area (Å²) in [6.07, 6.45) is -0.405. The summed E-state index contributed by atoms with van der Waals surface area (Å²) in [5.41, 5.74) is -5.73. The molecule has 0 rings (SSSR count). The number of nitrogens with zero attached hydrogens (tertiary/aromatic N) is 1. The standard InChI is InChI=1S/C8H11F3NO6S2.Li/c1-6(2)7(13)18-4-3-5-19(14,15)12-20(16,17)8(9,10)11;/h1,3-5H2,2H3;/q-1;+1. The third-order valence-corrected chi connectivity index (χ3v) is 4.72. The van der Waals surface area contributed by atoms with Crippen LogP contribution in [0.4, 0.5) is 13.2 Å². The molecule has 0 heterocycles. The molecule has 0 bridgehead atoms. The van der Waals surface area contributed by atoms with Crippen molar-refractivity contribution in [2.45, 2.75) is 18.9 Å². The smallest absolute Gasteiger partial charge is 0.462 e. The second kappa shape index (κ2) is 8.19. The van der Waals surface area contributed by atoms with Gasteiger partial charge in [-0.3, -0.25) is 0 Å². The summed E-state index contributed by atoms with van der Waals surface area (Å²) in [6.45, 7) is 4.16. The molecule has 0 saturated heterocycles. The summed E-state index contributed by atoms with van der Waals surface area (Å²) in [4.78, 5) is 10.9. The van der Waals surface area contributed by atoms with E-state index in [1.54, 1.807) is 0 Å². The molecule has 0 aromatic carbocycles. The minimum absolute atomic E-state index is 0. The van der Waals surface area contributed by atoms with E-state index in [1.165, 1.54) is 6.92 Å². The quantitative estimate of drug-likeness (QED) is 0.230. The largest absolute Gasteiger partial charge is 1.00 e. The third-order valence-electron chi connectivity index (χ3n) is 1.63. The van der Waals surface area contributed by atoms with Gasteiger partial charge in [0.2, 0.25) is 0 Å². The average Bonchev–Trinajstić information content (AvgIpc) is 2.20. The van der Waals surface area contributed by atoms with Crippen LogP contribution >= 0.6 is 0 Å². The van der Waals surface area contributed by atoms with E-state index in [0.29, 0.717) is 0 Å². The number of alkyl halides is 3. The summed E-state index contributed by atoms with van der Waals surface area (Å²) in [7, 11) is -10.9. The second-order valence-electron chi connectivity index (χ2n) is 3.55. The molecule has 0 aromatic heterocycles. The van der Waals surface area contributed by atoms with Crippen molar-refractivity contribution in [1.82, 2.24) is 0 Å². The second-order valence-corrected chi connectivity index (χ2v) is 7.13. The molecule has 13 heteroatoms. The first kappa shape index (κ1) is 22.7. The van der Waals surface area contributed by atoms with Crippen LogP contribution in [-0.4, -0.2) is 40.7 Å². The van der Waals surface area contributed by atoms with Crippen LogP contribution in [0.2, 0.25) is 0 Å². The van der Waals surface area contributed by atoms with Crippen LogP contribution in [0.1, 0.15) is 13.3 Å². The number of carbonyl (C=O) groups is 1. The van der Waals surface area contributed by atoms with Crippen molar-refractivity contribution in [3.8, 4) is 0 Å². The van der Waals surface area contributed by atoms with E-state index >= 15 is 0 Å². The van der Waals surface area contributed by atoms with Crippen molar-refractivity contribution in [1.29, 1.82) is 0 Å². The molecule has 0 N–H and O–H groups in total. The van der Waals surface area contributed by atoms with Crippen molar-refractivity contribution in [3.63, 3.8) is 0 Å². The van der Waals surface area contributed by atoms with Gasteiger partial charge in [0.15, 0.2) is 10.0 Å². The molecule has 0 atom stereocenters. The van der Waals surface area contributed by atoms with Gasteiger partial charge in [0.1, 0.15) is 0 Å². The van der Waals surface area contributed by atoms with E-state index in [2.05, 4.69) is 11.3 Å². The molecule has 118 valence electrons. The van der Waals surface area contributed by atoms with Crippen LogP contribution < -0.4 is 18.9 Å². The summed E-state index contributed by atoms with van der Waals surface area (Å²) >= 11 is 0. The number of halogens is 3. The fourth-order valence-electron chi connectivity index (χ4n) is 0.758. The van der Waals surface area contributed by atoms with Gasteiger partial charge in [0.05, 0.1) is 16.6 Å². The van der Waals surface area contributed by atoms with E-state index in [0.717, 1.165) is 0 Å². The van der Waals surface area contributed by atoms with E-state index < -0.39 is 50.3 Å². The molecule has 0 amide bonds. The summed E-state index contributed by atoms with van der Waals surface area (Å²) < 4.78 is 85.3. The number of ether oxygens (including phenoxy) is 1. The Hall–Kier alpha value is -0.543. The average molecular weight is 345 g/mol. The Kier molecular flexibility index (Phi) is 8.86. The summed E-state index contributed by atoms with van der Waals surface area (Å²) in [6, 6.07) is 0. The third kappa shape index (κ3) is 8.47. The van der Waals surface area contributed by atoms with Gasteiger partial charge in [-0.2, -0.15) is 13.2 Å². The fourth-order valence-corrected chi connectivity index (χ4v) is 3.07. The van der Waals surface area contributed by atoms with Gasteiger partial charge >= 0.3 is 30.3 Å². The van der Waals surface area contributed by atoms with E-state index in [9.17, 15) is 34.8 Å². The van der Waals surface area contributed by atoms with Crippen LogP contribution in [0, 0.1) is 0 Å². The van der Waals surface area contributed by atoms with Gasteiger partial charge in [0, 0.05) is 11.3 Å². The van der Waals surface area contributed by atoms with Crippen LogP contribution in [0.25, 0.3) is 4.13 Å². The number of sulfonamides is 2. The zero-order valence-electron chi connectivity index (χ0n) is 11.2. The molecule has 0 aromatic rings. The molecule has 0 spiro atoms. The molecule has 0 radical (unpaired) electrons. The van der Waals surface area contributed by atoms with Crippen molar-refractivity contribution >= 4 is 26.0 Å². The van der Waals surface area contributed by atoms with Crippen LogP contribution in [0.3, 0.4) is 0 Å². The number of esters is 1. The zero-order chi connectivity index (χ0) is 16.2. The fraction of sp³-hybridized carbons (Fsp3) is 0.625. The molecule has 21 heavy (non-hydrogen) atoms. The van der Waals surface area contributed by atoms with Crippen molar-refractivity contribution < 1.29 is 58.4 Å². The molecule has 0 saturated carbocycles. The van der Waals surface area contributed by atoms with Crippen molar-refractivity contribution in [3.05, 3.63) is 16.3 Å². The van der Waals surface area contributed by atoms with Gasteiger partial charge in [0.25, 0.3) is 0 Å². The Balaban J connectivity index is 0. The normalized spacial score (nSPS) is 12.4. The Morgan fingerprint density at radius 2 is 1.71 bits per heavy atom. The van der Waals surface area contributed by atoms with Crippen molar-refractivity contribution in [2.75, 3.05) is 12.4 Å². The van der Waals surface area contributed by atoms with Gasteiger partial charge < -0.3 is 8.86 Å². The Labute approximate surface area is 132 Å². The van der Waals surface area contributed by atoms with Gasteiger partial charge in [-0.1, -0.05) is 6.58 Å². The SMILES string of the molecule is C=C(C)C(=O)OCCCS(=O)(=O)[N-]S(=O)(=O)C(F)(F)F.[Li+]. The predicted octanol–water partition coefficient (Wildman–Crippen LogP) is -1.95. The zero-order valence-corrected chi connectivity index (χ0v) is 12.8. The van der Waals surface area contributed by atoms with Crippen LogP contribution in [-0.2, 0) is 29.6 Å². The number of hydrogen-bond donors (Lipinski definition) is 0. The monoisotopic (exact) mass is 345 g/mol. The predicted molar refractivity (Wildman–Crippen MR) is 62.5 cm³/mol. The molecule has 0 unspecified atom stereocenters. The first-order valence-corrected chi connectivity index (χ1v) is 7.94.